The molecule has 0 radical (unpaired) electrons. The number of halogens is 1. The molecule has 0 fully saturated rings. The molecular formula is C21H29ClN2O3. The van der Waals surface area contributed by atoms with Crippen molar-refractivity contribution in [1.29, 1.82) is 0 Å². The second-order valence-corrected chi connectivity index (χ2v) is 8.26. The fourth-order valence-electron chi connectivity index (χ4n) is 3.30. The minimum Gasteiger partial charge on any atom is -0.503 e. The van der Waals surface area contributed by atoms with Gasteiger partial charge in [-0.15, -0.1) is 0 Å². The molecule has 148 valence electrons. The van der Waals surface area contributed by atoms with E-state index in [9.17, 15) is 14.7 Å². The van der Waals surface area contributed by atoms with Gasteiger partial charge in [0.15, 0.2) is 11.5 Å². The maximum Gasteiger partial charge on any atom is 0.290 e. The van der Waals surface area contributed by atoms with Crippen molar-refractivity contribution in [2.24, 2.45) is 5.41 Å². The number of carbonyl (C=O) groups is 2. The summed E-state index contributed by atoms with van der Waals surface area (Å²) in [6.45, 7) is 12.3. The molecule has 0 aromatic heterocycles. The van der Waals surface area contributed by atoms with Gasteiger partial charge in [-0.25, -0.2) is 0 Å². The van der Waals surface area contributed by atoms with Gasteiger partial charge in [-0.3, -0.25) is 9.59 Å². The average molecular weight is 393 g/mol. The molecule has 0 saturated carbocycles. The third kappa shape index (κ3) is 4.53. The molecule has 1 aliphatic heterocycles. The number of rotatable bonds is 7. The van der Waals surface area contributed by atoms with Gasteiger partial charge in [0.1, 0.15) is 0 Å². The highest BCUT2D eigenvalue weighted by atomic mass is 35.5. The van der Waals surface area contributed by atoms with Crippen molar-refractivity contribution in [2.45, 2.75) is 40.7 Å². The zero-order valence-corrected chi connectivity index (χ0v) is 17.5. The van der Waals surface area contributed by atoms with E-state index < -0.39 is 23.1 Å². The molecule has 0 aliphatic carbocycles. The van der Waals surface area contributed by atoms with E-state index in [4.69, 9.17) is 11.6 Å². The number of carbonyl (C=O) groups excluding carboxylic acids is 2. The first kappa shape index (κ1) is 21.5. The van der Waals surface area contributed by atoms with Crippen molar-refractivity contribution in [1.82, 2.24) is 9.80 Å². The van der Waals surface area contributed by atoms with Gasteiger partial charge in [-0.2, -0.15) is 0 Å². The smallest absolute Gasteiger partial charge is 0.290 e. The Morgan fingerprint density at radius 2 is 1.74 bits per heavy atom. The third-order valence-electron chi connectivity index (χ3n) is 4.97. The van der Waals surface area contributed by atoms with Crippen molar-refractivity contribution in [3.63, 3.8) is 0 Å². The SMILES string of the molecule is CCN(CC)CCN1C(=O)C(O)=C(C(=O)C(C)(C)C)C1c1ccc(Cl)cc1. The van der Waals surface area contributed by atoms with E-state index in [0.29, 0.717) is 18.1 Å². The van der Waals surface area contributed by atoms with E-state index >= 15 is 0 Å². The summed E-state index contributed by atoms with van der Waals surface area (Å²) < 4.78 is 0. The van der Waals surface area contributed by atoms with Crippen LogP contribution in [0.25, 0.3) is 0 Å². The Morgan fingerprint density at radius 1 is 1.19 bits per heavy atom. The van der Waals surface area contributed by atoms with Gasteiger partial charge in [0, 0.05) is 23.5 Å². The Morgan fingerprint density at radius 3 is 2.22 bits per heavy atom. The lowest BCUT2D eigenvalue weighted by atomic mass is 9.82. The molecule has 5 nitrogen and oxygen atoms in total. The van der Waals surface area contributed by atoms with Gasteiger partial charge in [-0.05, 0) is 30.8 Å². The molecule has 1 amide bonds. The van der Waals surface area contributed by atoms with Crippen LogP contribution in [0.15, 0.2) is 35.6 Å². The van der Waals surface area contributed by atoms with Crippen LogP contribution in [0.4, 0.5) is 0 Å². The number of benzene rings is 1. The normalized spacial score (nSPS) is 18.0. The van der Waals surface area contributed by atoms with Crippen LogP contribution >= 0.6 is 11.6 Å². The zero-order valence-electron chi connectivity index (χ0n) is 16.8. The van der Waals surface area contributed by atoms with Crippen molar-refractivity contribution >= 4 is 23.3 Å². The largest absolute Gasteiger partial charge is 0.503 e. The van der Waals surface area contributed by atoms with Crippen LogP contribution in [0.1, 0.15) is 46.2 Å². The highest BCUT2D eigenvalue weighted by molar-refractivity contribution is 6.30. The number of aliphatic hydroxyl groups is 1. The molecule has 0 spiro atoms. The van der Waals surface area contributed by atoms with E-state index in [2.05, 4.69) is 18.7 Å². The van der Waals surface area contributed by atoms with Gasteiger partial charge in [-0.1, -0.05) is 58.4 Å². The van der Waals surface area contributed by atoms with E-state index in [1.807, 2.05) is 0 Å². The standard InChI is InChI=1S/C21H29ClN2O3/c1-6-23(7-2)12-13-24-17(14-8-10-15(22)11-9-14)16(18(25)20(24)27)19(26)21(3,4)5/h8-11,17,25H,6-7,12-13H2,1-5H3. The van der Waals surface area contributed by atoms with Crippen LogP contribution in [-0.4, -0.2) is 52.8 Å². The van der Waals surface area contributed by atoms with E-state index in [1.54, 1.807) is 49.9 Å². The zero-order chi connectivity index (χ0) is 20.4. The van der Waals surface area contributed by atoms with Crippen LogP contribution in [0.3, 0.4) is 0 Å². The summed E-state index contributed by atoms with van der Waals surface area (Å²) in [5.41, 5.74) is 0.238. The number of Topliss-reactive ketones (excluding diaryl/α,β-unsaturated/α-hetero) is 1. The Kier molecular flexibility index (Phi) is 6.71. The summed E-state index contributed by atoms with van der Waals surface area (Å²) in [7, 11) is 0. The van der Waals surface area contributed by atoms with Gasteiger partial charge in [0.05, 0.1) is 11.6 Å². The minimum atomic E-state index is -0.705. The second-order valence-electron chi connectivity index (χ2n) is 7.82. The molecule has 1 N–H and O–H groups in total. The van der Waals surface area contributed by atoms with E-state index in [1.165, 1.54) is 0 Å². The first-order valence-electron chi connectivity index (χ1n) is 9.38. The molecule has 1 heterocycles. The molecule has 1 unspecified atom stereocenters. The van der Waals surface area contributed by atoms with Crippen LogP contribution in [0.5, 0.6) is 0 Å². The summed E-state index contributed by atoms with van der Waals surface area (Å²) >= 11 is 6.01. The average Bonchev–Trinajstić information content (AvgIpc) is 2.86. The summed E-state index contributed by atoms with van der Waals surface area (Å²) in [5.74, 6) is -1.15. The van der Waals surface area contributed by atoms with Gasteiger partial charge >= 0.3 is 0 Å². The van der Waals surface area contributed by atoms with Crippen molar-refractivity contribution < 1.29 is 14.7 Å². The monoisotopic (exact) mass is 392 g/mol. The van der Waals surface area contributed by atoms with Crippen LogP contribution < -0.4 is 0 Å². The van der Waals surface area contributed by atoms with Crippen molar-refractivity contribution in [2.75, 3.05) is 26.2 Å². The highest BCUT2D eigenvalue weighted by Crippen LogP contribution is 2.40. The minimum absolute atomic E-state index is 0.175. The Labute approximate surface area is 166 Å². The summed E-state index contributed by atoms with van der Waals surface area (Å²) in [6, 6.07) is 6.48. The molecule has 6 heteroatoms. The maximum atomic E-state index is 13.0. The number of hydrogen-bond acceptors (Lipinski definition) is 4. The molecular weight excluding hydrogens is 364 g/mol. The maximum absolute atomic E-state index is 13.0. The molecule has 1 aromatic rings. The van der Waals surface area contributed by atoms with Crippen LogP contribution in [0, 0.1) is 5.41 Å². The van der Waals surface area contributed by atoms with Crippen molar-refractivity contribution in [3.8, 4) is 0 Å². The molecule has 0 saturated heterocycles. The van der Waals surface area contributed by atoms with Crippen LogP contribution in [-0.2, 0) is 9.59 Å². The number of aliphatic hydroxyl groups excluding tert-OH is 1. The highest BCUT2D eigenvalue weighted by Gasteiger charge is 2.45. The Bertz CT molecular complexity index is 731. The van der Waals surface area contributed by atoms with E-state index in [-0.39, 0.29) is 11.4 Å². The van der Waals surface area contributed by atoms with E-state index in [0.717, 1.165) is 18.7 Å². The fraction of sp³-hybridized carbons (Fsp3) is 0.524. The first-order chi connectivity index (χ1) is 12.6. The number of nitrogens with zero attached hydrogens (tertiary/aromatic N) is 2. The van der Waals surface area contributed by atoms with Gasteiger partial charge in [0.2, 0.25) is 0 Å². The summed E-state index contributed by atoms with van der Waals surface area (Å²) in [5, 5.41) is 11.1. The molecule has 2 rings (SSSR count). The lowest BCUT2D eigenvalue weighted by Crippen LogP contribution is -2.39. The molecule has 1 aromatic carbocycles. The topological polar surface area (TPSA) is 60.9 Å². The van der Waals surface area contributed by atoms with Crippen molar-refractivity contribution in [3.05, 3.63) is 46.2 Å². The fourth-order valence-corrected chi connectivity index (χ4v) is 3.43. The van der Waals surface area contributed by atoms with Crippen LogP contribution in [0.2, 0.25) is 5.02 Å². The summed E-state index contributed by atoms with van der Waals surface area (Å²) in [6.07, 6.45) is 0. The molecule has 0 bridgehead atoms. The molecule has 1 aliphatic rings. The second kappa shape index (κ2) is 8.44. The number of likely N-dealkylation sites (N-methyl/N-ethyl adjacent to an activating group) is 1. The lowest BCUT2D eigenvalue weighted by Gasteiger charge is -2.30. The Balaban J connectivity index is 2.46. The molecule has 1 atom stereocenters. The quantitative estimate of drug-likeness (QED) is 0.762. The predicted octanol–water partition coefficient (Wildman–Crippen LogP) is 3.99. The third-order valence-corrected chi connectivity index (χ3v) is 5.22. The lowest BCUT2D eigenvalue weighted by molar-refractivity contribution is -0.129. The number of hydrogen-bond donors (Lipinski definition) is 1. The summed E-state index contributed by atoms with van der Waals surface area (Å²) in [4.78, 5) is 29.6. The first-order valence-corrected chi connectivity index (χ1v) is 9.76. The van der Waals surface area contributed by atoms with Gasteiger partial charge in [0.25, 0.3) is 5.91 Å². The predicted molar refractivity (Wildman–Crippen MR) is 108 cm³/mol. The number of ketones is 1. The number of amides is 1. The Hall–Kier alpha value is -1.85. The van der Waals surface area contributed by atoms with Gasteiger partial charge < -0.3 is 14.9 Å². The molecule has 27 heavy (non-hydrogen) atoms.